The Kier molecular flexibility index (Phi) is 8.59. The lowest BCUT2D eigenvalue weighted by Gasteiger charge is -2.18. The molecular weight excluding hydrogens is 410 g/mol. The van der Waals surface area contributed by atoms with Crippen LogP contribution < -0.4 is 16.4 Å². The van der Waals surface area contributed by atoms with Crippen molar-refractivity contribution in [2.24, 2.45) is 5.73 Å². The standard InChI is InChI=1S/C21H24F2N4O4/c1-30-10-9-26-20(28)14-7-8-15(22)16(17(14)23)18(31-2)21(29)27-11-12-3-5-13(6-4-12)19(24)25/h3-8,18H,9-11H2,1-2H3,(H3,24,25)(H,26,28)(H,27,29). The van der Waals surface area contributed by atoms with Crippen molar-refractivity contribution in [1.29, 1.82) is 5.41 Å². The van der Waals surface area contributed by atoms with E-state index < -0.39 is 40.7 Å². The maximum absolute atomic E-state index is 14.9. The quantitative estimate of drug-likeness (QED) is 0.257. The van der Waals surface area contributed by atoms with Gasteiger partial charge in [0.2, 0.25) is 0 Å². The molecule has 1 unspecified atom stereocenters. The second-order valence-corrected chi connectivity index (χ2v) is 6.52. The SMILES string of the molecule is COCCNC(=O)c1ccc(F)c(C(OC)C(=O)NCc2ccc(C(=N)N)cc2)c1F. The lowest BCUT2D eigenvalue weighted by atomic mass is 10.0. The minimum absolute atomic E-state index is 0.0529. The van der Waals surface area contributed by atoms with Crippen LogP contribution in [0.25, 0.3) is 0 Å². The number of methoxy groups -OCH3 is 2. The largest absolute Gasteiger partial charge is 0.384 e. The summed E-state index contributed by atoms with van der Waals surface area (Å²) in [4.78, 5) is 24.8. The molecule has 8 nitrogen and oxygen atoms in total. The number of nitrogens with one attached hydrogen (secondary N) is 3. The van der Waals surface area contributed by atoms with E-state index in [1.54, 1.807) is 24.3 Å². The molecule has 0 aliphatic carbocycles. The Bertz CT molecular complexity index is 951. The van der Waals surface area contributed by atoms with E-state index in [1.807, 2.05) is 0 Å². The molecule has 0 aliphatic rings. The minimum Gasteiger partial charge on any atom is -0.384 e. The summed E-state index contributed by atoms with van der Waals surface area (Å²) in [5.41, 5.74) is 5.52. The topological polar surface area (TPSA) is 127 Å². The van der Waals surface area contributed by atoms with Gasteiger partial charge >= 0.3 is 0 Å². The average molecular weight is 434 g/mol. The predicted molar refractivity (Wildman–Crippen MR) is 110 cm³/mol. The third kappa shape index (κ3) is 6.06. The van der Waals surface area contributed by atoms with Gasteiger partial charge in [-0.15, -0.1) is 0 Å². The zero-order valence-corrected chi connectivity index (χ0v) is 17.1. The number of hydrogen-bond donors (Lipinski definition) is 4. The van der Waals surface area contributed by atoms with Crippen molar-refractivity contribution in [1.82, 2.24) is 10.6 Å². The number of benzene rings is 2. The molecular formula is C21H24F2N4O4. The number of amides is 2. The summed E-state index contributed by atoms with van der Waals surface area (Å²) in [7, 11) is 2.58. The van der Waals surface area contributed by atoms with Crippen molar-refractivity contribution < 1.29 is 27.8 Å². The van der Waals surface area contributed by atoms with E-state index in [4.69, 9.17) is 20.6 Å². The molecule has 0 saturated heterocycles. The van der Waals surface area contributed by atoms with Crippen LogP contribution in [0, 0.1) is 17.0 Å². The number of nitrogen functional groups attached to an aromatic ring is 1. The highest BCUT2D eigenvalue weighted by atomic mass is 19.1. The van der Waals surface area contributed by atoms with Crippen LogP contribution in [0.4, 0.5) is 8.78 Å². The molecule has 0 aromatic heterocycles. The molecule has 0 bridgehead atoms. The number of nitrogens with two attached hydrogens (primary N) is 1. The van der Waals surface area contributed by atoms with Gasteiger partial charge < -0.3 is 25.8 Å². The van der Waals surface area contributed by atoms with Gasteiger partial charge in [0.25, 0.3) is 11.8 Å². The van der Waals surface area contributed by atoms with Crippen LogP contribution >= 0.6 is 0 Å². The Hall–Kier alpha value is -3.37. The molecule has 10 heteroatoms. The Morgan fingerprint density at radius 1 is 1.10 bits per heavy atom. The van der Waals surface area contributed by atoms with Gasteiger partial charge in [-0.25, -0.2) is 8.78 Å². The maximum Gasteiger partial charge on any atom is 0.254 e. The van der Waals surface area contributed by atoms with Gasteiger partial charge in [0, 0.05) is 32.9 Å². The van der Waals surface area contributed by atoms with E-state index in [1.165, 1.54) is 7.11 Å². The molecule has 31 heavy (non-hydrogen) atoms. The van der Waals surface area contributed by atoms with Crippen molar-refractivity contribution in [3.8, 4) is 0 Å². The number of carbonyl (C=O) groups is 2. The summed E-state index contributed by atoms with van der Waals surface area (Å²) in [5.74, 6) is -3.84. The molecule has 2 aromatic carbocycles. The molecule has 0 saturated carbocycles. The fourth-order valence-electron chi connectivity index (χ4n) is 2.79. The van der Waals surface area contributed by atoms with Gasteiger partial charge in [0.15, 0.2) is 6.10 Å². The lowest BCUT2D eigenvalue weighted by molar-refractivity contribution is -0.131. The summed E-state index contributed by atoms with van der Waals surface area (Å²) in [5, 5.41) is 12.4. The molecule has 0 radical (unpaired) electrons. The third-order valence-corrected chi connectivity index (χ3v) is 4.43. The number of hydrogen-bond acceptors (Lipinski definition) is 5. The van der Waals surface area contributed by atoms with Crippen LogP contribution in [0.3, 0.4) is 0 Å². The number of carbonyl (C=O) groups excluding carboxylic acids is 2. The number of ether oxygens (including phenoxy) is 2. The van der Waals surface area contributed by atoms with Crippen molar-refractivity contribution in [2.45, 2.75) is 12.6 Å². The Morgan fingerprint density at radius 2 is 1.77 bits per heavy atom. The second kappa shape index (κ2) is 11.1. The van der Waals surface area contributed by atoms with Gasteiger partial charge in [-0.05, 0) is 17.7 Å². The number of amidine groups is 1. The van der Waals surface area contributed by atoms with Gasteiger partial charge in [-0.2, -0.15) is 0 Å². The smallest absolute Gasteiger partial charge is 0.254 e. The van der Waals surface area contributed by atoms with Crippen LogP contribution in [0.2, 0.25) is 0 Å². The normalized spacial score (nSPS) is 11.6. The minimum atomic E-state index is -1.61. The monoisotopic (exact) mass is 434 g/mol. The second-order valence-electron chi connectivity index (χ2n) is 6.52. The van der Waals surface area contributed by atoms with Crippen molar-refractivity contribution in [3.05, 3.63) is 70.3 Å². The Labute approximate surface area is 178 Å². The fraction of sp³-hybridized carbons (Fsp3) is 0.286. The van der Waals surface area contributed by atoms with Crippen molar-refractivity contribution in [3.63, 3.8) is 0 Å². The average Bonchev–Trinajstić information content (AvgIpc) is 2.75. The van der Waals surface area contributed by atoms with Gasteiger partial charge in [0.1, 0.15) is 17.5 Å². The highest BCUT2D eigenvalue weighted by molar-refractivity contribution is 5.95. The van der Waals surface area contributed by atoms with Crippen molar-refractivity contribution >= 4 is 17.6 Å². The lowest BCUT2D eigenvalue weighted by Crippen LogP contribution is -2.32. The molecule has 0 fully saturated rings. The first kappa shape index (κ1) is 23.9. The molecule has 0 aliphatic heterocycles. The first-order valence-corrected chi connectivity index (χ1v) is 9.29. The van der Waals surface area contributed by atoms with Crippen molar-refractivity contribution in [2.75, 3.05) is 27.4 Å². The van der Waals surface area contributed by atoms with Gasteiger partial charge in [0.05, 0.1) is 17.7 Å². The highest BCUT2D eigenvalue weighted by Gasteiger charge is 2.30. The van der Waals surface area contributed by atoms with Crippen LogP contribution in [0.15, 0.2) is 36.4 Å². The maximum atomic E-state index is 14.9. The van der Waals surface area contributed by atoms with Crippen LogP contribution in [0.1, 0.15) is 33.2 Å². The van der Waals surface area contributed by atoms with Crippen LogP contribution in [-0.4, -0.2) is 45.0 Å². The van der Waals surface area contributed by atoms with Crippen LogP contribution in [0.5, 0.6) is 0 Å². The summed E-state index contributed by atoms with van der Waals surface area (Å²) in [6.07, 6.45) is -1.61. The van der Waals surface area contributed by atoms with E-state index in [-0.39, 0.29) is 25.5 Å². The Morgan fingerprint density at radius 3 is 2.35 bits per heavy atom. The van der Waals surface area contributed by atoms with E-state index >= 15 is 0 Å². The molecule has 1 atom stereocenters. The summed E-state index contributed by atoms with van der Waals surface area (Å²) in [6.45, 7) is 0.410. The molecule has 2 amide bonds. The molecule has 166 valence electrons. The van der Waals surface area contributed by atoms with Gasteiger partial charge in [-0.3, -0.25) is 15.0 Å². The van der Waals surface area contributed by atoms with E-state index in [0.717, 1.165) is 19.2 Å². The Balaban J connectivity index is 2.18. The van der Waals surface area contributed by atoms with E-state index in [0.29, 0.717) is 11.1 Å². The fourth-order valence-corrected chi connectivity index (χ4v) is 2.79. The molecule has 2 rings (SSSR count). The molecule has 2 aromatic rings. The zero-order valence-electron chi connectivity index (χ0n) is 17.1. The third-order valence-electron chi connectivity index (χ3n) is 4.43. The first-order valence-electron chi connectivity index (χ1n) is 9.29. The van der Waals surface area contributed by atoms with Gasteiger partial charge in [-0.1, -0.05) is 24.3 Å². The first-order chi connectivity index (χ1) is 14.8. The van der Waals surface area contributed by atoms with Crippen LogP contribution in [-0.2, 0) is 20.8 Å². The summed E-state index contributed by atoms with van der Waals surface area (Å²) >= 11 is 0. The summed E-state index contributed by atoms with van der Waals surface area (Å²) < 4.78 is 39.2. The highest BCUT2D eigenvalue weighted by Crippen LogP contribution is 2.26. The molecule has 0 spiro atoms. The zero-order chi connectivity index (χ0) is 23.0. The predicted octanol–water partition coefficient (Wildman–Crippen LogP) is 1.63. The molecule has 5 N–H and O–H groups in total. The number of halogens is 2. The van der Waals surface area contributed by atoms with E-state index in [2.05, 4.69) is 10.6 Å². The number of rotatable bonds is 10. The van der Waals surface area contributed by atoms with E-state index in [9.17, 15) is 18.4 Å². The molecule has 0 heterocycles. The summed E-state index contributed by atoms with van der Waals surface area (Å²) in [6, 6.07) is 8.45.